The van der Waals surface area contributed by atoms with E-state index in [1.807, 2.05) is 0 Å². The number of ether oxygens (including phenoxy) is 4. The fourth-order valence-corrected chi connectivity index (χ4v) is 6.20. The van der Waals surface area contributed by atoms with Crippen LogP contribution < -0.4 is 0 Å². The molecule has 12 nitrogen and oxygen atoms in total. The van der Waals surface area contributed by atoms with Crippen LogP contribution in [0.25, 0.3) is 0 Å². The highest BCUT2D eigenvalue weighted by molar-refractivity contribution is 7.85. The summed E-state index contributed by atoms with van der Waals surface area (Å²) in [5.74, 6) is -2.01. The van der Waals surface area contributed by atoms with Crippen LogP contribution in [-0.4, -0.2) is 96.0 Å². The second-order valence-corrected chi connectivity index (χ2v) is 14.7. The van der Waals surface area contributed by atoms with Gasteiger partial charge in [-0.1, -0.05) is 115 Å². The summed E-state index contributed by atoms with van der Waals surface area (Å²) >= 11 is 0. The number of carbonyl (C=O) groups excluding carboxylic acids is 2. The Morgan fingerprint density at radius 1 is 0.686 bits per heavy atom. The van der Waals surface area contributed by atoms with E-state index in [9.17, 15) is 37.9 Å². The van der Waals surface area contributed by atoms with Crippen LogP contribution in [0, 0.1) is 0 Å². The number of allylic oxidation sites excluding steroid dienone is 6. The molecule has 1 aliphatic rings. The second kappa shape index (κ2) is 29.3. The monoisotopic (exact) mass is 746 g/mol. The molecule has 1 rings (SSSR count). The maximum absolute atomic E-state index is 12.7. The summed E-state index contributed by atoms with van der Waals surface area (Å²) in [5, 5.41) is 30.7. The predicted octanol–water partition coefficient (Wildman–Crippen LogP) is 6.27. The molecule has 1 aliphatic heterocycles. The van der Waals surface area contributed by atoms with Crippen LogP contribution in [0.4, 0.5) is 0 Å². The average molecular weight is 747 g/mol. The topological polar surface area (TPSA) is 186 Å². The van der Waals surface area contributed by atoms with Crippen molar-refractivity contribution in [3.05, 3.63) is 36.5 Å². The number of unbranched alkanes of at least 4 members (excludes halogenated alkanes) is 12. The van der Waals surface area contributed by atoms with Crippen molar-refractivity contribution in [2.24, 2.45) is 0 Å². The Balaban J connectivity index is 2.53. The summed E-state index contributed by atoms with van der Waals surface area (Å²) in [5.41, 5.74) is 0. The van der Waals surface area contributed by atoms with E-state index in [4.69, 9.17) is 18.9 Å². The molecule has 0 spiro atoms. The SMILES string of the molecule is CC/C=C/C/C=C/C/C=C/CCCCCCCC(=O)O[C@H](COC(=O)CCCCCCCCCC)CO[C@H]1O[C@H](CS(=O)(=O)O)[C@@H](O)C(O)C1O. The molecule has 13 heteroatoms. The normalized spacial score (nSPS) is 21.9. The lowest BCUT2D eigenvalue weighted by molar-refractivity contribution is -0.297. The highest BCUT2D eigenvalue weighted by Crippen LogP contribution is 2.24. The number of aliphatic hydroxyl groups excluding tert-OH is 3. The van der Waals surface area contributed by atoms with Gasteiger partial charge in [-0.25, -0.2) is 0 Å². The van der Waals surface area contributed by atoms with Gasteiger partial charge in [-0.15, -0.1) is 0 Å². The number of aliphatic hydroxyl groups is 3. The Bertz CT molecular complexity index is 1110. The second-order valence-electron chi connectivity index (χ2n) is 13.2. The molecule has 0 amide bonds. The van der Waals surface area contributed by atoms with Gasteiger partial charge in [0, 0.05) is 12.8 Å². The van der Waals surface area contributed by atoms with Crippen LogP contribution in [-0.2, 0) is 38.7 Å². The Labute approximate surface area is 306 Å². The molecule has 2 unspecified atom stereocenters. The van der Waals surface area contributed by atoms with E-state index in [1.54, 1.807) is 0 Å². The average Bonchev–Trinajstić information content (AvgIpc) is 3.09. The lowest BCUT2D eigenvalue weighted by atomic mass is 10.00. The summed E-state index contributed by atoms with van der Waals surface area (Å²) in [4.78, 5) is 25.1. The van der Waals surface area contributed by atoms with Crippen molar-refractivity contribution in [2.75, 3.05) is 19.0 Å². The molecule has 1 heterocycles. The Morgan fingerprint density at radius 3 is 1.84 bits per heavy atom. The highest BCUT2D eigenvalue weighted by atomic mass is 32.2. The summed E-state index contributed by atoms with van der Waals surface area (Å²) < 4.78 is 53.7. The van der Waals surface area contributed by atoms with Gasteiger partial charge in [-0.2, -0.15) is 8.42 Å². The molecule has 0 radical (unpaired) electrons. The maximum atomic E-state index is 12.7. The minimum absolute atomic E-state index is 0.145. The van der Waals surface area contributed by atoms with Crippen molar-refractivity contribution in [2.45, 2.75) is 173 Å². The zero-order valence-corrected chi connectivity index (χ0v) is 31.8. The number of rotatable bonds is 30. The third kappa shape index (κ3) is 24.7. The lowest BCUT2D eigenvalue weighted by Gasteiger charge is -2.40. The van der Waals surface area contributed by atoms with Gasteiger partial charge >= 0.3 is 11.9 Å². The molecule has 0 aromatic heterocycles. The van der Waals surface area contributed by atoms with Crippen LogP contribution in [0.3, 0.4) is 0 Å². The van der Waals surface area contributed by atoms with Crippen LogP contribution in [0.1, 0.15) is 136 Å². The van der Waals surface area contributed by atoms with E-state index in [1.165, 1.54) is 25.7 Å². The van der Waals surface area contributed by atoms with Gasteiger partial charge in [0.2, 0.25) is 0 Å². The maximum Gasteiger partial charge on any atom is 0.306 e. The third-order valence-corrected chi connectivity index (χ3v) is 9.23. The molecule has 1 fully saturated rings. The molecule has 0 aromatic carbocycles. The zero-order valence-electron chi connectivity index (χ0n) is 30.9. The number of carbonyl (C=O) groups is 2. The summed E-state index contributed by atoms with van der Waals surface area (Å²) in [6.45, 7) is 3.56. The quantitative estimate of drug-likeness (QED) is 0.0280. The van der Waals surface area contributed by atoms with Crippen molar-refractivity contribution in [3.8, 4) is 0 Å². The highest BCUT2D eigenvalue weighted by Gasteiger charge is 2.46. The van der Waals surface area contributed by atoms with Gasteiger partial charge in [0.1, 0.15) is 36.8 Å². The first-order chi connectivity index (χ1) is 24.5. The van der Waals surface area contributed by atoms with Gasteiger partial charge in [0.15, 0.2) is 12.4 Å². The van der Waals surface area contributed by atoms with Gasteiger partial charge in [-0.3, -0.25) is 14.1 Å². The first-order valence-electron chi connectivity index (χ1n) is 19.0. The van der Waals surface area contributed by atoms with Crippen LogP contribution in [0.5, 0.6) is 0 Å². The Morgan fingerprint density at radius 2 is 1.24 bits per heavy atom. The van der Waals surface area contributed by atoms with E-state index >= 15 is 0 Å². The van der Waals surface area contributed by atoms with Crippen molar-refractivity contribution in [1.29, 1.82) is 0 Å². The zero-order chi connectivity index (χ0) is 37.7. The minimum Gasteiger partial charge on any atom is -0.462 e. The third-order valence-electron chi connectivity index (χ3n) is 8.48. The Kier molecular flexibility index (Phi) is 27.0. The van der Waals surface area contributed by atoms with Gasteiger partial charge in [-0.05, 0) is 44.9 Å². The molecule has 6 atom stereocenters. The molecule has 1 saturated heterocycles. The van der Waals surface area contributed by atoms with Crippen LogP contribution >= 0.6 is 0 Å². The van der Waals surface area contributed by atoms with E-state index < -0.39 is 71.2 Å². The first-order valence-corrected chi connectivity index (χ1v) is 20.7. The van der Waals surface area contributed by atoms with Gasteiger partial charge in [0.05, 0.1) is 6.61 Å². The van der Waals surface area contributed by atoms with E-state index in [-0.39, 0.29) is 19.4 Å². The summed E-state index contributed by atoms with van der Waals surface area (Å²) in [6.07, 6.45) is 20.8. The van der Waals surface area contributed by atoms with Gasteiger partial charge < -0.3 is 34.3 Å². The van der Waals surface area contributed by atoms with E-state index in [0.29, 0.717) is 12.8 Å². The molecule has 51 heavy (non-hydrogen) atoms. The van der Waals surface area contributed by atoms with Crippen molar-refractivity contribution in [3.63, 3.8) is 0 Å². The minimum atomic E-state index is -4.60. The van der Waals surface area contributed by atoms with Crippen molar-refractivity contribution >= 4 is 22.1 Å². The van der Waals surface area contributed by atoms with E-state index in [0.717, 1.165) is 70.6 Å². The molecular weight excluding hydrogens is 680 g/mol. The molecule has 0 saturated carbocycles. The number of esters is 2. The fraction of sp³-hybridized carbons (Fsp3) is 0.789. The van der Waals surface area contributed by atoms with Crippen LogP contribution in [0.2, 0.25) is 0 Å². The molecular formula is C38H66O12S. The summed E-state index contributed by atoms with van der Waals surface area (Å²) in [7, 11) is -4.60. The van der Waals surface area contributed by atoms with E-state index in [2.05, 4.69) is 50.3 Å². The largest absolute Gasteiger partial charge is 0.462 e. The smallest absolute Gasteiger partial charge is 0.306 e. The summed E-state index contributed by atoms with van der Waals surface area (Å²) in [6, 6.07) is 0. The standard InChI is InChI=1S/C38H66O12S/c1-3-5-7-9-11-13-14-15-16-17-18-19-21-23-25-27-34(40)49-31(28-47-33(39)26-24-22-20-12-10-8-6-4-2)29-48-38-37(43)36(42)35(41)32(50-38)30-51(44,45)46/h5,7,11,13,15-16,31-32,35-38,41-43H,3-4,6,8-10,12,14,17-30H2,1-2H3,(H,44,45,46)/b7-5+,13-11+,16-15+/t31-,32-,35-,36?,37?,38+/m1/s1. The van der Waals surface area contributed by atoms with Gasteiger partial charge in [0.25, 0.3) is 10.1 Å². The van der Waals surface area contributed by atoms with Crippen LogP contribution in [0.15, 0.2) is 36.5 Å². The predicted molar refractivity (Wildman–Crippen MR) is 196 cm³/mol. The molecule has 0 aromatic rings. The first kappa shape index (κ1) is 46.9. The molecule has 0 bridgehead atoms. The lowest BCUT2D eigenvalue weighted by Crippen LogP contribution is -2.60. The molecule has 4 N–H and O–H groups in total. The Hall–Kier alpha value is -2.13. The fourth-order valence-electron chi connectivity index (χ4n) is 5.51. The number of hydrogen-bond donors (Lipinski definition) is 4. The molecule has 296 valence electrons. The molecule has 0 aliphatic carbocycles. The van der Waals surface area contributed by atoms with Crippen molar-refractivity contribution < 1.29 is 56.8 Å². The van der Waals surface area contributed by atoms with Crippen molar-refractivity contribution in [1.82, 2.24) is 0 Å². The number of hydrogen-bond acceptors (Lipinski definition) is 11.